The Hall–Kier alpha value is -2.39. The number of hydrogen-bond donors (Lipinski definition) is 2. The third-order valence-corrected chi connectivity index (χ3v) is 2.49. The number of nitrogens with one attached hydrogen (secondary N) is 2. The lowest BCUT2D eigenvalue weighted by Gasteiger charge is -2.07. The minimum Gasteiger partial charge on any atom is -0.385 e. The summed E-state index contributed by atoms with van der Waals surface area (Å²) < 4.78 is 4.85. The lowest BCUT2D eigenvalue weighted by molar-refractivity contribution is -0.126. The van der Waals surface area contributed by atoms with Gasteiger partial charge < -0.3 is 15.4 Å². The molecular formula is C14H17N3O3. The molecule has 2 N–H and O–H groups in total. The van der Waals surface area contributed by atoms with Gasteiger partial charge in [0.05, 0.1) is 11.3 Å². The quantitative estimate of drug-likeness (QED) is 0.574. The van der Waals surface area contributed by atoms with Crippen LogP contribution in [0.25, 0.3) is 0 Å². The van der Waals surface area contributed by atoms with Gasteiger partial charge in [0.15, 0.2) is 0 Å². The first-order valence-corrected chi connectivity index (χ1v) is 6.22. The molecule has 0 aliphatic carbocycles. The van der Waals surface area contributed by atoms with Gasteiger partial charge >= 0.3 is 0 Å². The van der Waals surface area contributed by atoms with Crippen molar-refractivity contribution in [2.75, 3.05) is 25.6 Å². The van der Waals surface area contributed by atoms with Crippen LogP contribution in [0.3, 0.4) is 0 Å². The van der Waals surface area contributed by atoms with Gasteiger partial charge in [-0.05, 0) is 18.6 Å². The number of anilines is 1. The second-order valence-electron chi connectivity index (χ2n) is 4.08. The molecule has 6 nitrogen and oxygen atoms in total. The van der Waals surface area contributed by atoms with Crippen LogP contribution in [0.1, 0.15) is 18.4 Å². The third kappa shape index (κ3) is 5.50. The van der Waals surface area contributed by atoms with E-state index in [1.165, 1.54) is 0 Å². The Balaban J connectivity index is 2.40. The Morgan fingerprint density at radius 2 is 2.05 bits per heavy atom. The molecular weight excluding hydrogens is 258 g/mol. The van der Waals surface area contributed by atoms with Crippen molar-refractivity contribution in [1.82, 2.24) is 5.32 Å². The summed E-state index contributed by atoms with van der Waals surface area (Å²) in [4.78, 5) is 23.2. The van der Waals surface area contributed by atoms with Gasteiger partial charge in [0.2, 0.25) is 11.8 Å². The molecule has 0 atom stereocenters. The average molecular weight is 275 g/mol. The van der Waals surface area contributed by atoms with Gasteiger partial charge in [-0.3, -0.25) is 9.59 Å². The number of benzene rings is 1. The fourth-order valence-electron chi connectivity index (χ4n) is 1.54. The normalized spacial score (nSPS) is 9.60. The largest absolute Gasteiger partial charge is 0.385 e. The topological polar surface area (TPSA) is 91.2 Å². The molecule has 0 aliphatic rings. The van der Waals surface area contributed by atoms with Crippen LogP contribution in [0.2, 0.25) is 0 Å². The van der Waals surface area contributed by atoms with Gasteiger partial charge in [-0.1, -0.05) is 12.1 Å². The molecule has 0 unspecified atom stereocenters. The minimum absolute atomic E-state index is 0.271. The van der Waals surface area contributed by atoms with Crippen molar-refractivity contribution in [3.63, 3.8) is 0 Å². The molecule has 1 rings (SSSR count). The average Bonchev–Trinajstić information content (AvgIpc) is 2.44. The van der Waals surface area contributed by atoms with E-state index in [1.54, 1.807) is 31.4 Å². The van der Waals surface area contributed by atoms with E-state index >= 15 is 0 Å². The molecule has 0 radical (unpaired) electrons. The molecule has 0 fully saturated rings. The Labute approximate surface area is 117 Å². The SMILES string of the molecule is COCCCNC(=O)CC(=O)Nc1ccccc1C#N. The molecule has 0 spiro atoms. The van der Waals surface area contributed by atoms with E-state index in [2.05, 4.69) is 10.6 Å². The van der Waals surface area contributed by atoms with E-state index in [-0.39, 0.29) is 12.3 Å². The molecule has 106 valence electrons. The molecule has 0 saturated heterocycles. The summed E-state index contributed by atoms with van der Waals surface area (Å²) in [7, 11) is 1.59. The number of nitriles is 1. The van der Waals surface area contributed by atoms with Crippen LogP contribution < -0.4 is 10.6 Å². The monoisotopic (exact) mass is 275 g/mol. The van der Waals surface area contributed by atoms with Crippen molar-refractivity contribution in [3.8, 4) is 6.07 Å². The molecule has 1 aromatic carbocycles. The highest BCUT2D eigenvalue weighted by Gasteiger charge is 2.10. The highest BCUT2D eigenvalue weighted by atomic mass is 16.5. The first kappa shape index (κ1) is 15.7. The Morgan fingerprint density at radius 1 is 1.30 bits per heavy atom. The summed E-state index contributed by atoms with van der Waals surface area (Å²) in [6, 6.07) is 8.60. The van der Waals surface area contributed by atoms with E-state index in [0.717, 1.165) is 0 Å². The van der Waals surface area contributed by atoms with Gasteiger partial charge in [0.25, 0.3) is 0 Å². The summed E-state index contributed by atoms with van der Waals surface area (Å²) in [5.41, 5.74) is 0.772. The number of hydrogen-bond acceptors (Lipinski definition) is 4. The molecule has 0 aliphatic heterocycles. The van der Waals surface area contributed by atoms with Crippen LogP contribution >= 0.6 is 0 Å². The maximum absolute atomic E-state index is 11.7. The molecule has 0 bridgehead atoms. The number of methoxy groups -OCH3 is 1. The first-order valence-electron chi connectivity index (χ1n) is 6.22. The molecule has 6 heteroatoms. The van der Waals surface area contributed by atoms with Crippen molar-refractivity contribution in [2.45, 2.75) is 12.8 Å². The van der Waals surface area contributed by atoms with E-state index in [1.807, 2.05) is 6.07 Å². The number of carbonyl (C=O) groups is 2. The Kier molecular flexibility index (Phi) is 6.79. The number of ether oxygens (including phenoxy) is 1. The second kappa shape index (κ2) is 8.67. The van der Waals surface area contributed by atoms with Crippen molar-refractivity contribution < 1.29 is 14.3 Å². The fraction of sp³-hybridized carbons (Fsp3) is 0.357. The smallest absolute Gasteiger partial charge is 0.233 e. The molecule has 1 aromatic rings. The lowest BCUT2D eigenvalue weighted by atomic mass is 10.2. The van der Waals surface area contributed by atoms with E-state index in [9.17, 15) is 9.59 Å². The maximum Gasteiger partial charge on any atom is 0.233 e. The molecule has 0 aromatic heterocycles. The van der Waals surface area contributed by atoms with Crippen LogP contribution in [0.5, 0.6) is 0 Å². The highest BCUT2D eigenvalue weighted by molar-refractivity contribution is 6.04. The van der Waals surface area contributed by atoms with Crippen LogP contribution in [-0.2, 0) is 14.3 Å². The summed E-state index contributed by atoms with van der Waals surface area (Å²) >= 11 is 0. The zero-order chi connectivity index (χ0) is 14.8. The zero-order valence-corrected chi connectivity index (χ0v) is 11.3. The molecule has 0 saturated carbocycles. The zero-order valence-electron chi connectivity index (χ0n) is 11.3. The highest BCUT2D eigenvalue weighted by Crippen LogP contribution is 2.13. The number of para-hydroxylation sites is 1. The standard InChI is InChI=1S/C14H17N3O3/c1-20-8-4-7-16-13(18)9-14(19)17-12-6-3-2-5-11(12)10-15/h2-3,5-6H,4,7-9H2,1H3,(H,16,18)(H,17,19). The molecule has 2 amide bonds. The summed E-state index contributed by atoms with van der Waals surface area (Å²) in [5, 5.41) is 14.1. The van der Waals surface area contributed by atoms with Gasteiger partial charge in [-0.25, -0.2) is 0 Å². The number of carbonyl (C=O) groups excluding carboxylic acids is 2. The number of amides is 2. The Morgan fingerprint density at radius 3 is 2.75 bits per heavy atom. The van der Waals surface area contributed by atoms with Crippen molar-refractivity contribution in [1.29, 1.82) is 5.26 Å². The predicted octanol–water partition coefficient (Wildman–Crippen LogP) is 1.04. The van der Waals surface area contributed by atoms with E-state index in [4.69, 9.17) is 10.00 Å². The van der Waals surface area contributed by atoms with Gasteiger partial charge in [0.1, 0.15) is 12.5 Å². The minimum atomic E-state index is -0.447. The lowest BCUT2D eigenvalue weighted by Crippen LogP contribution is -2.29. The van der Waals surface area contributed by atoms with Crippen LogP contribution in [0.4, 0.5) is 5.69 Å². The molecule has 0 heterocycles. The van der Waals surface area contributed by atoms with E-state index < -0.39 is 5.91 Å². The molecule has 20 heavy (non-hydrogen) atoms. The van der Waals surface area contributed by atoms with Gasteiger partial charge in [-0.15, -0.1) is 0 Å². The number of nitrogens with zero attached hydrogens (tertiary/aromatic N) is 1. The maximum atomic E-state index is 11.7. The number of rotatable bonds is 7. The third-order valence-electron chi connectivity index (χ3n) is 2.49. The summed E-state index contributed by atoms with van der Waals surface area (Å²) in [5.74, 6) is -0.801. The predicted molar refractivity (Wildman–Crippen MR) is 73.9 cm³/mol. The van der Waals surface area contributed by atoms with Crippen LogP contribution in [0, 0.1) is 11.3 Å². The van der Waals surface area contributed by atoms with E-state index in [0.29, 0.717) is 30.8 Å². The van der Waals surface area contributed by atoms with Gasteiger partial charge in [-0.2, -0.15) is 5.26 Å². The van der Waals surface area contributed by atoms with Crippen molar-refractivity contribution in [2.24, 2.45) is 0 Å². The van der Waals surface area contributed by atoms with Crippen molar-refractivity contribution in [3.05, 3.63) is 29.8 Å². The van der Waals surface area contributed by atoms with Gasteiger partial charge in [0, 0.05) is 20.3 Å². The van der Waals surface area contributed by atoms with Crippen molar-refractivity contribution >= 4 is 17.5 Å². The fourth-order valence-corrected chi connectivity index (χ4v) is 1.54. The van der Waals surface area contributed by atoms with Crippen LogP contribution in [0.15, 0.2) is 24.3 Å². The van der Waals surface area contributed by atoms with Crippen LogP contribution in [-0.4, -0.2) is 32.1 Å². The Bertz CT molecular complexity index is 509. The second-order valence-corrected chi connectivity index (χ2v) is 4.08. The summed E-state index contributed by atoms with van der Waals surface area (Å²) in [6.45, 7) is 1.02. The summed E-state index contributed by atoms with van der Waals surface area (Å²) in [6.07, 6.45) is 0.424. The first-order chi connectivity index (χ1) is 9.67.